The smallest absolute Gasteiger partial charge is 0.233 e. The highest BCUT2D eigenvalue weighted by Gasteiger charge is 2.25. The molecule has 1 atom stereocenters. The summed E-state index contributed by atoms with van der Waals surface area (Å²) < 4.78 is 0. The van der Waals surface area contributed by atoms with Crippen LogP contribution in [-0.4, -0.2) is 29.1 Å². The van der Waals surface area contributed by atoms with Crippen LogP contribution in [0.3, 0.4) is 0 Å². The van der Waals surface area contributed by atoms with E-state index in [4.69, 9.17) is 0 Å². The van der Waals surface area contributed by atoms with Crippen molar-refractivity contribution in [3.63, 3.8) is 0 Å². The molecule has 0 bridgehead atoms. The van der Waals surface area contributed by atoms with E-state index in [-0.39, 0.29) is 11.9 Å². The number of benzene rings is 1. The monoisotopic (exact) mass is 247 g/mol. The molecule has 1 aliphatic rings. The average Bonchev–Trinajstić information content (AvgIpc) is 2.85. The molecule has 0 aliphatic carbocycles. The molecule has 0 saturated carbocycles. The first-order chi connectivity index (χ1) is 8.31. The normalized spacial score (nSPS) is 19.3. The number of hydrogen-bond acceptors (Lipinski definition) is 2. The van der Waals surface area contributed by atoms with E-state index in [0.29, 0.717) is 5.75 Å². The SMILES string of the molecule is C=C[C@@H]1CCCN1C(=O)CSc1ccccc1. The molecule has 1 saturated heterocycles. The van der Waals surface area contributed by atoms with Crippen LogP contribution in [-0.2, 0) is 4.79 Å². The molecule has 1 fully saturated rings. The quantitative estimate of drug-likeness (QED) is 0.602. The second-order valence-corrected chi connectivity index (χ2v) is 5.18. The van der Waals surface area contributed by atoms with E-state index < -0.39 is 0 Å². The Bertz CT molecular complexity index is 390. The molecule has 1 aromatic carbocycles. The second-order valence-electron chi connectivity index (χ2n) is 4.13. The molecular weight excluding hydrogens is 230 g/mol. The van der Waals surface area contributed by atoms with Gasteiger partial charge in [0.25, 0.3) is 0 Å². The Hall–Kier alpha value is -1.22. The largest absolute Gasteiger partial charge is 0.336 e. The van der Waals surface area contributed by atoms with Crippen molar-refractivity contribution in [1.82, 2.24) is 4.90 Å². The van der Waals surface area contributed by atoms with Crippen LogP contribution >= 0.6 is 11.8 Å². The van der Waals surface area contributed by atoms with Crippen LogP contribution < -0.4 is 0 Å². The number of hydrogen-bond donors (Lipinski definition) is 0. The van der Waals surface area contributed by atoms with Gasteiger partial charge >= 0.3 is 0 Å². The van der Waals surface area contributed by atoms with Crippen molar-refractivity contribution >= 4 is 17.7 Å². The number of rotatable bonds is 4. The fourth-order valence-electron chi connectivity index (χ4n) is 2.09. The summed E-state index contributed by atoms with van der Waals surface area (Å²) in [5.41, 5.74) is 0. The van der Waals surface area contributed by atoms with Crippen LogP contribution in [0.4, 0.5) is 0 Å². The third-order valence-electron chi connectivity index (χ3n) is 3.00. The van der Waals surface area contributed by atoms with Crippen molar-refractivity contribution in [3.8, 4) is 0 Å². The molecule has 0 radical (unpaired) electrons. The predicted molar refractivity (Wildman–Crippen MR) is 72.1 cm³/mol. The molecule has 0 spiro atoms. The third-order valence-corrected chi connectivity index (χ3v) is 3.99. The van der Waals surface area contributed by atoms with E-state index in [2.05, 4.69) is 6.58 Å². The zero-order valence-corrected chi connectivity index (χ0v) is 10.7. The summed E-state index contributed by atoms with van der Waals surface area (Å²) >= 11 is 1.60. The predicted octanol–water partition coefficient (Wildman–Crippen LogP) is 2.96. The molecule has 2 nitrogen and oxygen atoms in total. The summed E-state index contributed by atoms with van der Waals surface area (Å²) in [5, 5.41) is 0. The van der Waals surface area contributed by atoms with Gasteiger partial charge in [-0.2, -0.15) is 0 Å². The maximum Gasteiger partial charge on any atom is 0.233 e. The Balaban J connectivity index is 1.87. The van der Waals surface area contributed by atoms with Crippen molar-refractivity contribution in [2.75, 3.05) is 12.3 Å². The van der Waals surface area contributed by atoms with Crippen molar-refractivity contribution in [2.45, 2.75) is 23.8 Å². The average molecular weight is 247 g/mol. The summed E-state index contributed by atoms with van der Waals surface area (Å²) in [6, 6.07) is 10.3. The minimum Gasteiger partial charge on any atom is -0.336 e. The van der Waals surface area contributed by atoms with Gasteiger partial charge < -0.3 is 4.90 Å². The van der Waals surface area contributed by atoms with Gasteiger partial charge in [0.05, 0.1) is 5.75 Å². The van der Waals surface area contributed by atoms with E-state index in [9.17, 15) is 4.79 Å². The van der Waals surface area contributed by atoms with Gasteiger partial charge in [0.2, 0.25) is 5.91 Å². The topological polar surface area (TPSA) is 20.3 Å². The van der Waals surface area contributed by atoms with Crippen molar-refractivity contribution < 1.29 is 4.79 Å². The molecule has 1 heterocycles. The first kappa shape index (κ1) is 12.2. The number of thioether (sulfide) groups is 1. The molecule has 1 aromatic rings. The Kier molecular flexibility index (Phi) is 4.26. The molecule has 0 aromatic heterocycles. The van der Waals surface area contributed by atoms with Crippen LogP contribution in [0.5, 0.6) is 0 Å². The summed E-state index contributed by atoms with van der Waals surface area (Å²) in [4.78, 5) is 15.1. The lowest BCUT2D eigenvalue weighted by Gasteiger charge is -2.21. The zero-order chi connectivity index (χ0) is 12.1. The molecule has 0 N–H and O–H groups in total. The Morgan fingerprint density at radius 1 is 1.47 bits per heavy atom. The van der Waals surface area contributed by atoms with E-state index in [1.54, 1.807) is 11.8 Å². The molecule has 1 amide bonds. The van der Waals surface area contributed by atoms with Crippen molar-refractivity contribution in [3.05, 3.63) is 43.0 Å². The van der Waals surface area contributed by atoms with Crippen LogP contribution in [0.2, 0.25) is 0 Å². The number of carbonyl (C=O) groups is 1. The van der Waals surface area contributed by atoms with Crippen LogP contribution in [0.25, 0.3) is 0 Å². The maximum absolute atomic E-state index is 12.0. The summed E-state index contributed by atoms with van der Waals surface area (Å²) in [7, 11) is 0. The molecule has 0 unspecified atom stereocenters. The van der Waals surface area contributed by atoms with Crippen molar-refractivity contribution in [2.24, 2.45) is 0 Å². The standard InChI is InChI=1S/C14H17NOS/c1-2-12-7-6-10-15(12)14(16)11-17-13-8-4-3-5-9-13/h2-5,8-9,12H,1,6-7,10-11H2/t12-/m1/s1. The highest BCUT2D eigenvalue weighted by molar-refractivity contribution is 8.00. The van der Waals surface area contributed by atoms with Gasteiger partial charge in [0.1, 0.15) is 0 Å². The minimum atomic E-state index is 0.223. The van der Waals surface area contributed by atoms with Crippen LogP contribution in [0, 0.1) is 0 Å². The second kappa shape index (κ2) is 5.92. The molecule has 17 heavy (non-hydrogen) atoms. The molecule has 90 valence electrons. The molecule has 1 aliphatic heterocycles. The molecule has 3 heteroatoms. The van der Waals surface area contributed by atoms with Gasteiger partial charge in [-0.1, -0.05) is 24.3 Å². The number of carbonyl (C=O) groups excluding carboxylic acids is 1. The van der Waals surface area contributed by atoms with Gasteiger partial charge in [-0.3, -0.25) is 4.79 Å². The Morgan fingerprint density at radius 2 is 2.24 bits per heavy atom. The number of nitrogens with zero attached hydrogens (tertiary/aromatic N) is 1. The van der Waals surface area contributed by atoms with Crippen LogP contribution in [0.1, 0.15) is 12.8 Å². The third kappa shape index (κ3) is 3.13. The first-order valence-electron chi connectivity index (χ1n) is 5.91. The fraction of sp³-hybridized carbons (Fsp3) is 0.357. The summed E-state index contributed by atoms with van der Waals surface area (Å²) in [6.07, 6.45) is 4.04. The number of amides is 1. The maximum atomic E-state index is 12.0. The van der Waals surface area contributed by atoms with Crippen molar-refractivity contribution in [1.29, 1.82) is 0 Å². The van der Waals surface area contributed by atoms with Gasteiger partial charge in [-0.05, 0) is 25.0 Å². The highest BCUT2D eigenvalue weighted by atomic mass is 32.2. The molecule has 2 rings (SSSR count). The lowest BCUT2D eigenvalue weighted by atomic mass is 10.2. The minimum absolute atomic E-state index is 0.223. The lowest BCUT2D eigenvalue weighted by molar-refractivity contribution is -0.128. The fourth-order valence-corrected chi connectivity index (χ4v) is 2.90. The van der Waals surface area contributed by atoms with Gasteiger partial charge in [0.15, 0.2) is 0 Å². The van der Waals surface area contributed by atoms with E-state index in [1.807, 2.05) is 41.3 Å². The van der Waals surface area contributed by atoms with E-state index >= 15 is 0 Å². The lowest BCUT2D eigenvalue weighted by Crippen LogP contribution is -2.35. The van der Waals surface area contributed by atoms with Gasteiger partial charge in [-0.25, -0.2) is 0 Å². The van der Waals surface area contributed by atoms with E-state index in [0.717, 1.165) is 24.3 Å². The number of likely N-dealkylation sites (tertiary alicyclic amines) is 1. The Morgan fingerprint density at radius 3 is 2.94 bits per heavy atom. The van der Waals surface area contributed by atoms with E-state index in [1.165, 1.54) is 0 Å². The molecular formula is C14H17NOS. The Labute approximate surface area is 107 Å². The van der Waals surface area contributed by atoms with Crippen LogP contribution in [0.15, 0.2) is 47.9 Å². The summed E-state index contributed by atoms with van der Waals surface area (Å²) in [6.45, 7) is 4.67. The summed E-state index contributed by atoms with van der Waals surface area (Å²) in [5.74, 6) is 0.746. The van der Waals surface area contributed by atoms with Gasteiger partial charge in [-0.15, -0.1) is 18.3 Å². The highest BCUT2D eigenvalue weighted by Crippen LogP contribution is 2.22. The zero-order valence-electron chi connectivity index (χ0n) is 9.84. The first-order valence-corrected chi connectivity index (χ1v) is 6.89. The van der Waals surface area contributed by atoms with Gasteiger partial charge in [0, 0.05) is 17.5 Å².